The molecule has 0 radical (unpaired) electrons. The van der Waals surface area contributed by atoms with E-state index in [2.05, 4.69) is 5.32 Å². The maximum absolute atomic E-state index is 12.6. The monoisotopic (exact) mass is 292 g/mol. The number of pyridine rings is 1. The van der Waals surface area contributed by atoms with Gasteiger partial charge >= 0.3 is 0 Å². The second-order valence-electron chi connectivity index (χ2n) is 4.63. The molecule has 2 aromatic rings. The van der Waals surface area contributed by atoms with Gasteiger partial charge in [-0.1, -0.05) is 30.7 Å². The Morgan fingerprint density at radius 3 is 2.80 bits per heavy atom. The summed E-state index contributed by atoms with van der Waals surface area (Å²) in [5.41, 5.74) is 0.838. The van der Waals surface area contributed by atoms with Crippen LogP contribution in [0.15, 0.2) is 29.1 Å². The van der Waals surface area contributed by atoms with Gasteiger partial charge in [-0.15, -0.1) is 0 Å². The lowest BCUT2D eigenvalue weighted by Crippen LogP contribution is -2.31. The molecule has 0 atom stereocenters. The van der Waals surface area contributed by atoms with E-state index in [1.165, 1.54) is 6.92 Å². The fourth-order valence-electron chi connectivity index (χ4n) is 2.29. The Kier molecular flexibility index (Phi) is 4.45. The molecule has 0 fully saturated rings. The lowest BCUT2D eigenvalue weighted by Gasteiger charge is -2.14. The number of carbonyl (C=O) groups is 1. The molecule has 0 saturated heterocycles. The predicted molar refractivity (Wildman–Crippen MR) is 81.3 cm³/mol. The highest BCUT2D eigenvalue weighted by Gasteiger charge is 2.10. The first-order valence-electron chi connectivity index (χ1n) is 6.60. The number of hydrogen-bond donors (Lipinski definition) is 1. The number of benzene rings is 1. The van der Waals surface area contributed by atoms with Gasteiger partial charge in [0.15, 0.2) is 0 Å². The molecule has 0 spiro atoms. The summed E-state index contributed by atoms with van der Waals surface area (Å²) in [6.07, 6.45) is 0.748. The molecule has 0 aliphatic rings. The van der Waals surface area contributed by atoms with Crippen LogP contribution in [0.2, 0.25) is 5.02 Å². The van der Waals surface area contributed by atoms with E-state index >= 15 is 0 Å². The van der Waals surface area contributed by atoms with Crippen molar-refractivity contribution in [3.8, 4) is 0 Å². The van der Waals surface area contributed by atoms with Crippen molar-refractivity contribution in [2.24, 2.45) is 0 Å². The Labute approximate surface area is 122 Å². The van der Waals surface area contributed by atoms with Gasteiger partial charge in [-0.3, -0.25) is 9.59 Å². The van der Waals surface area contributed by atoms with Crippen molar-refractivity contribution in [2.45, 2.75) is 26.8 Å². The van der Waals surface area contributed by atoms with Gasteiger partial charge in [0.2, 0.25) is 5.91 Å². The first-order valence-corrected chi connectivity index (χ1v) is 6.97. The van der Waals surface area contributed by atoms with Crippen molar-refractivity contribution >= 4 is 28.3 Å². The molecule has 1 aromatic heterocycles. The van der Waals surface area contributed by atoms with E-state index in [1.807, 2.05) is 25.1 Å². The minimum absolute atomic E-state index is 0.102. The molecule has 5 heteroatoms. The fourth-order valence-corrected chi connectivity index (χ4v) is 2.55. The second kappa shape index (κ2) is 6.09. The maximum atomic E-state index is 12.6. The quantitative estimate of drug-likeness (QED) is 0.940. The third kappa shape index (κ3) is 2.85. The van der Waals surface area contributed by atoms with E-state index in [1.54, 1.807) is 10.6 Å². The summed E-state index contributed by atoms with van der Waals surface area (Å²) in [5, 5.41) is 4.56. The van der Waals surface area contributed by atoms with Crippen molar-refractivity contribution in [1.82, 2.24) is 9.88 Å². The number of halogens is 1. The van der Waals surface area contributed by atoms with Crippen LogP contribution in [-0.4, -0.2) is 17.0 Å². The number of fused-ring (bicyclic) bond motifs is 1. The Bertz CT molecular complexity index is 707. The minimum atomic E-state index is -0.102. The average Bonchev–Trinajstić information content (AvgIpc) is 2.40. The number of aromatic nitrogens is 1. The zero-order valence-electron chi connectivity index (χ0n) is 11.6. The number of nitrogens with zero attached hydrogens (tertiary/aromatic N) is 1. The van der Waals surface area contributed by atoms with Gasteiger partial charge in [0.1, 0.15) is 0 Å². The van der Waals surface area contributed by atoms with Crippen molar-refractivity contribution in [1.29, 1.82) is 0 Å². The molecule has 0 aliphatic carbocycles. The molecular formula is C15H17ClN2O2. The molecular weight excluding hydrogens is 276 g/mol. The highest BCUT2D eigenvalue weighted by Crippen LogP contribution is 2.21. The SMILES string of the molecule is CCc1cc2cccc(Cl)c2c(=O)n1CCNC(C)=O. The van der Waals surface area contributed by atoms with Crippen molar-refractivity contribution in [2.75, 3.05) is 6.54 Å². The van der Waals surface area contributed by atoms with Crippen LogP contribution in [0, 0.1) is 0 Å². The van der Waals surface area contributed by atoms with Gasteiger partial charge in [0, 0.05) is 25.7 Å². The summed E-state index contributed by atoms with van der Waals surface area (Å²) in [7, 11) is 0. The van der Waals surface area contributed by atoms with Gasteiger partial charge in [-0.2, -0.15) is 0 Å². The Hall–Kier alpha value is -1.81. The van der Waals surface area contributed by atoms with Crippen LogP contribution in [-0.2, 0) is 17.8 Å². The number of rotatable bonds is 4. The maximum Gasteiger partial charge on any atom is 0.260 e. The molecule has 0 aliphatic heterocycles. The van der Waals surface area contributed by atoms with Crippen LogP contribution >= 0.6 is 11.6 Å². The van der Waals surface area contributed by atoms with Crippen molar-refractivity contribution in [3.63, 3.8) is 0 Å². The van der Waals surface area contributed by atoms with Gasteiger partial charge in [-0.25, -0.2) is 0 Å². The minimum Gasteiger partial charge on any atom is -0.355 e. The van der Waals surface area contributed by atoms with Gasteiger partial charge in [0.25, 0.3) is 5.56 Å². The van der Waals surface area contributed by atoms with Crippen LogP contribution in [0.5, 0.6) is 0 Å². The normalized spacial score (nSPS) is 10.8. The lowest BCUT2D eigenvalue weighted by molar-refractivity contribution is -0.118. The Balaban J connectivity index is 2.51. The van der Waals surface area contributed by atoms with Gasteiger partial charge in [0.05, 0.1) is 10.4 Å². The van der Waals surface area contributed by atoms with Crippen molar-refractivity contribution < 1.29 is 4.79 Å². The zero-order chi connectivity index (χ0) is 14.7. The van der Waals surface area contributed by atoms with Crippen LogP contribution in [0.3, 0.4) is 0 Å². The topological polar surface area (TPSA) is 51.1 Å². The summed E-state index contributed by atoms with van der Waals surface area (Å²) in [4.78, 5) is 23.5. The Morgan fingerprint density at radius 2 is 2.15 bits per heavy atom. The summed E-state index contributed by atoms with van der Waals surface area (Å²) in [6.45, 7) is 4.34. The highest BCUT2D eigenvalue weighted by atomic mass is 35.5. The molecule has 0 bridgehead atoms. The zero-order valence-corrected chi connectivity index (χ0v) is 12.3. The molecule has 1 N–H and O–H groups in total. The van der Waals surface area contributed by atoms with E-state index in [0.717, 1.165) is 17.5 Å². The molecule has 1 heterocycles. The number of carbonyl (C=O) groups excluding carboxylic acids is 1. The average molecular weight is 293 g/mol. The largest absolute Gasteiger partial charge is 0.355 e. The summed E-state index contributed by atoms with van der Waals surface area (Å²) in [6, 6.07) is 7.43. The molecule has 2 rings (SSSR count). The number of nitrogens with one attached hydrogen (secondary N) is 1. The van der Waals surface area contributed by atoms with Gasteiger partial charge in [-0.05, 0) is 23.9 Å². The third-order valence-corrected chi connectivity index (χ3v) is 3.56. The predicted octanol–water partition coefficient (Wildman–Crippen LogP) is 2.35. The number of hydrogen-bond acceptors (Lipinski definition) is 2. The first kappa shape index (κ1) is 14.6. The molecule has 0 saturated carbocycles. The van der Waals surface area contributed by atoms with E-state index in [-0.39, 0.29) is 11.5 Å². The van der Waals surface area contributed by atoms with Gasteiger partial charge < -0.3 is 9.88 Å². The standard InChI is InChI=1S/C15H17ClN2O2/c1-3-12-9-11-5-4-6-13(16)14(11)15(20)18(12)8-7-17-10(2)19/h4-6,9H,3,7-8H2,1-2H3,(H,17,19). The third-order valence-electron chi connectivity index (χ3n) is 3.25. The smallest absolute Gasteiger partial charge is 0.260 e. The summed E-state index contributed by atoms with van der Waals surface area (Å²) < 4.78 is 1.68. The molecule has 1 aromatic carbocycles. The highest BCUT2D eigenvalue weighted by molar-refractivity contribution is 6.35. The molecule has 20 heavy (non-hydrogen) atoms. The second-order valence-corrected chi connectivity index (χ2v) is 5.04. The summed E-state index contributed by atoms with van der Waals surface area (Å²) >= 11 is 6.13. The first-order chi connectivity index (χ1) is 9.54. The van der Waals surface area contributed by atoms with Crippen molar-refractivity contribution in [3.05, 3.63) is 45.3 Å². The number of amides is 1. The Morgan fingerprint density at radius 1 is 1.40 bits per heavy atom. The molecule has 0 unspecified atom stereocenters. The van der Waals surface area contributed by atoms with Crippen LogP contribution in [0.1, 0.15) is 19.5 Å². The van der Waals surface area contributed by atoms with Crippen LogP contribution in [0.25, 0.3) is 10.8 Å². The number of aryl methyl sites for hydroxylation is 1. The molecule has 4 nitrogen and oxygen atoms in total. The van der Waals surface area contributed by atoms with E-state index in [4.69, 9.17) is 11.6 Å². The molecule has 1 amide bonds. The van der Waals surface area contributed by atoms with E-state index < -0.39 is 0 Å². The van der Waals surface area contributed by atoms with E-state index in [0.29, 0.717) is 23.5 Å². The van der Waals surface area contributed by atoms with E-state index in [9.17, 15) is 9.59 Å². The lowest BCUT2D eigenvalue weighted by atomic mass is 10.1. The summed E-state index contributed by atoms with van der Waals surface area (Å²) in [5.74, 6) is -0.102. The molecule has 106 valence electrons. The van der Waals surface area contributed by atoms with Crippen LogP contribution < -0.4 is 10.9 Å². The van der Waals surface area contributed by atoms with Crippen LogP contribution in [0.4, 0.5) is 0 Å². The fraction of sp³-hybridized carbons (Fsp3) is 0.333.